The maximum absolute atomic E-state index is 5.76. The second-order valence-corrected chi connectivity index (χ2v) is 6.76. The Kier molecular flexibility index (Phi) is 13.7. The van der Waals surface area contributed by atoms with Crippen LogP contribution < -0.4 is 10.6 Å². The predicted octanol–water partition coefficient (Wildman–Crippen LogP) is 3.36. The SMILES string of the molecule is CCOC(CCNC(=NC)NCCCc1nc(C(C)C)no1)C(C)C.I. The Morgan fingerprint density at radius 3 is 2.42 bits per heavy atom. The van der Waals surface area contributed by atoms with Crippen LogP contribution in [0.5, 0.6) is 0 Å². The number of aliphatic imine (C=N–C) groups is 1. The largest absolute Gasteiger partial charge is 0.378 e. The topological polar surface area (TPSA) is 84.6 Å². The fraction of sp³-hybridized carbons (Fsp3) is 0.833. The molecule has 0 fully saturated rings. The van der Waals surface area contributed by atoms with E-state index in [-0.39, 0.29) is 30.1 Å². The molecule has 7 nitrogen and oxygen atoms in total. The normalized spacial score (nSPS) is 13.0. The van der Waals surface area contributed by atoms with Crippen LogP contribution in [0.4, 0.5) is 0 Å². The van der Waals surface area contributed by atoms with Crippen molar-refractivity contribution in [2.45, 2.75) is 65.9 Å². The quantitative estimate of drug-likeness (QED) is 0.218. The lowest BCUT2D eigenvalue weighted by Crippen LogP contribution is -2.39. The van der Waals surface area contributed by atoms with E-state index in [1.807, 2.05) is 6.92 Å². The molecule has 26 heavy (non-hydrogen) atoms. The fourth-order valence-electron chi connectivity index (χ4n) is 2.43. The molecule has 0 aliphatic heterocycles. The summed E-state index contributed by atoms with van der Waals surface area (Å²) in [7, 11) is 1.78. The molecule has 0 radical (unpaired) electrons. The van der Waals surface area contributed by atoms with Gasteiger partial charge in [-0.15, -0.1) is 24.0 Å². The number of guanidine groups is 1. The highest BCUT2D eigenvalue weighted by Gasteiger charge is 2.13. The first-order valence-electron chi connectivity index (χ1n) is 9.36. The lowest BCUT2D eigenvalue weighted by molar-refractivity contribution is 0.0258. The molecule has 152 valence electrons. The molecule has 1 unspecified atom stereocenters. The smallest absolute Gasteiger partial charge is 0.226 e. The van der Waals surface area contributed by atoms with E-state index in [0.717, 1.165) is 50.7 Å². The van der Waals surface area contributed by atoms with Gasteiger partial charge in [-0.2, -0.15) is 4.98 Å². The highest BCUT2D eigenvalue weighted by atomic mass is 127. The minimum absolute atomic E-state index is 0. The van der Waals surface area contributed by atoms with E-state index in [1.54, 1.807) is 7.05 Å². The molecule has 0 amide bonds. The lowest BCUT2D eigenvalue weighted by Gasteiger charge is -2.21. The van der Waals surface area contributed by atoms with Crippen LogP contribution in [0.2, 0.25) is 0 Å². The van der Waals surface area contributed by atoms with Crippen LogP contribution in [0.25, 0.3) is 0 Å². The molecule has 1 aromatic rings. The predicted molar refractivity (Wildman–Crippen MR) is 116 cm³/mol. The Morgan fingerprint density at radius 1 is 1.19 bits per heavy atom. The second kappa shape index (κ2) is 14.2. The zero-order valence-electron chi connectivity index (χ0n) is 17.0. The van der Waals surface area contributed by atoms with Gasteiger partial charge in [-0.1, -0.05) is 32.9 Å². The van der Waals surface area contributed by atoms with E-state index in [1.165, 1.54) is 0 Å². The van der Waals surface area contributed by atoms with Crippen molar-refractivity contribution < 1.29 is 9.26 Å². The molecular weight excluding hydrogens is 445 g/mol. The molecule has 0 aromatic carbocycles. The van der Waals surface area contributed by atoms with Gasteiger partial charge in [0.1, 0.15) is 0 Å². The number of hydrogen-bond acceptors (Lipinski definition) is 5. The van der Waals surface area contributed by atoms with Crippen molar-refractivity contribution in [1.82, 2.24) is 20.8 Å². The number of halogens is 1. The number of hydrogen-bond donors (Lipinski definition) is 2. The average Bonchev–Trinajstić information content (AvgIpc) is 3.05. The second-order valence-electron chi connectivity index (χ2n) is 6.76. The van der Waals surface area contributed by atoms with Crippen molar-refractivity contribution in [1.29, 1.82) is 0 Å². The third kappa shape index (κ3) is 9.70. The number of ether oxygens (including phenoxy) is 1. The van der Waals surface area contributed by atoms with Gasteiger partial charge in [0.15, 0.2) is 11.8 Å². The van der Waals surface area contributed by atoms with Gasteiger partial charge in [0.05, 0.1) is 6.10 Å². The summed E-state index contributed by atoms with van der Waals surface area (Å²) < 4.78 is 11.0. The standard InChI is InChI=1S/C18H35N5O2.HI/c1-7-24-15(13(2)3)10-12-21-18(19-6)20-11-8-9-16-22-17(14(4)5)23-25-16;/h13-15H,7-12H2,1-6H3,(H2,19,20,21);1H. The third-order valence-electron chi connectivity index (χ3n) is 3.93. The van der Waals surface area contributed by atoms with Crippen LogP contribution in [-0.4, -0.2) is 48.9 Å². The summed E-state index contributed by atoms with van der Waals surface area (Å²) in [6, 6.07) is 0. The number of nitrogens with one attached hydrogen (secondary N) is 2. The summed E-state index contributed by atoms with van der Waals surface area (Å²) in [4.78, 5) is 8.63. The van der Waals surface area contributed by atoms with Crippen molar-refractivity contribution >= 4 is 29.9 Å². The highest BCUT2D eigenvalue weighted by Crippen LogP contribution is 2.11. The average molecular weight is 481 g/mol. The Balaban J connectivity index is 0.00000625. The molecule has 1 atom stereocenters. The summed E-state index contributed by atoms with van der Waals surface area (Å²) in [5.41, 5.74) is 0. The van der Waals surface area contributed by atoms with E-state index < -0.39 is 0 Å². The Hall–Kier alpha value is -0.900. The van der Waals surface area contributed by atoms with E-state index in [2.05, 4.69) is 53.5 Å². The summed E-state index contributed by atoms with van der Waals surface area (Å²) in [6.07, 6.45) is 2.92. The first-order valence-corrected chi connectivity index (χ1v) is 9.36. The van der Waals surface area contributed by atoms with Gasteiger partial charge in [-0.05, 0) is 25.7 Å². The van der Waals surface area contributed by atoms with E-state index >= 15 is 0 Å². The van der Waals surface area contributed by atoms with Gasteiger partial charge in [0.25, 0.3) is 0 Å². The molecule has 1 heterocycles. The first-order chi connectivity index (χ1) is 12.0. The van der Waals surface area contributed by atoms with Crippen LogP contribution >= 0.6 is 24.0 Å². The maximum Gasteiger partial charge on any atom is 0.226 e. The molecule has 0 saturated carbocycles. The van der Waals surface area contributed by atoms with Gasteiger partial charge < -0.3 is 19.9 Å². The van der Waals surface area contributed by atoms with Crippen LogP contribution in [-0.2, 0) is 11.2 Å². The Labute approximate surface area is 175 Å². The minimum Gasteiger partial charge on any atom is -0.378 e. The van der Waals surface area contributed by atoms with Crippen LogP contribution in [0, 0.1) is 5.92 Å². The van der Waals surface area contributed by atoms with Crippen LogP contribution in [0.1, 0.15) is 65.1 Å². The van der Waals surface area contributed by atoms with Crippen molar-refractivity contribution in [2.75, 3.05) is 26.7 Å². The summed E-state index contributed by atoms with van der Waals surface area (Å²) in [5.74, 6) is 3.10. The van der Waals surface area contributed by atoms with E-state index in [4.69, 9.17) is 9.26 Å². The molecule has 1 rings (SSSR count). The zero-order valence-corrected chi connectivity index (χ0v) is 19.4. The monoisotopic (exact) mass is 481 g/mol. The molecule has 0 aliphatic rings. The molecule has 0 bridgehead atoms. The summed E-state index contributed by atoms with van der Waals surface area (Å²) >= 11 is 0. The van der Waals surface area contributed by atoms with Crippen LogP contribution in [0.3, 0.4) is 0 Å². The van der Waals surface area contributed by atoms with Gasteiger partial charge in [-0.3, -0.25) is 4.99 Å². The molecule has 1 aromatic heterocycles. The van der Waals surface area contributed by atoms with Crippen molar-refractivity contribution in [2.24, 2.45) is 10.9 Å². The number of aryl methyl sites for hydroxylation is 1. The first kappa shape index (κ1) is 25.1. The van der Waals surface area contributed by atoms with Crippen molar-refractivity contribution in [3.8, 4) is 0 Å². The summed E-state index contributed by atoms with van der Waals surface area (Å²) in [6.45, 7) is 12.9. The molecule has 0 spiro atoms. The molecule has 0 aliphatic carbocycles. The van der Waals surface area contributed by atoms with Gasteiger partial charge in [-0.25, -0.2) is 0 Å². The molecule has 0 saturated heterocycles. The van der Waals surface area contributed by atoms with Gasteiger partial charge >= 0.3 is 0 Å². The van der Waals surface area contributed by atoms with Crippen molar-refractivity contribution in [3.05, 3.63) is 11.7 Å². The summed E-state index contributed by atoms with van der Waals surface area (Å²) in [5, 5.41) is 10.6. The number of aromatic nitrogens is 2. The van der Waals surface area contributed by atoms with Gasteiger partial charge in [0.2, 0.25) is 5.89 Å². The minimum atomic E-state index is 0. The van der Waals surface area contributed by atoms with Gasteiger partial charge in [0, 0.05) is 39.1 Å². The van der Waals surface area contributed by atoms with E-state index in [9.17, 15) is 0 Å². The number of rotatable bonds is 11. The molecule has 2 N–H and O–H groups in total. The lowest BCUT2D eigenvalue weighted by atomic mass is 10.0. The Morgan fingerprint density at radius 2 is 1.88 bits per heavy atom. The Bertz CT molecular complexity index is 506. The van der Waals surface area contributed by atoms with Crippen molar-refractivity contribution in [3.63, 3.8) is 0 Å². The zero-order chi connectivity index (χ0) is 18.7. The maximum atomic E-state index is 5.76. The number of nitrogens with zero attached hydrogens (tertiary/aromatic N) is 3. The molecular formula is C18H36IN5O2. The third-order valence-corrected chi connectivity index (χ3v) is 3.93. The van der Waals surface area contributed by atoms with Crippen LogP contribution in [0.15, 0.2) is 9.52 Å². The fourth-order valence-corrected chi connectivity index (χ4v) is 2.43. The molecule has 8 heteroatoms. The van der Waals surface area contributed by atoms with E-state index in [0.29, 0.717) is 17.7 Å². The highest BCUT2D eigenvalue weighted by molar-refractivity contribution is 14.0.